The second-order valence-corrected chi connectivity index (χ2v) is 7.84. The summed E-state index contributed by atoms with van der Waals surface area (Å²) in [7, 11) is -1.09. The van der Waals surface area contributed by atoms with Crippen LogP contribution in [-0.2, 0) is 33.1 Å². The molecular weight excluding hydrogens is 372 g/mol. The Morgan fingerprint density at radius 2 is 2.11 bits per heavy atom. The molecule has 27 heavy (non-hydrogen) atoms. The molecule has 0 aliphatic rings. The van der Waals surface area contributed by atoms with E-state index in [-0.39, 0.29) is 30.3 Å². The lowest BCUT2D eigenvalue weighted by molar-refractivity contribution is -0.121. The predicted molar refractivity (Wildman–Crippen MR) is 97.3 cm³/mol. The minimum Gasteiger partial charge on any atom is -0.461 e. The lowest BCUT2D eigenvalue weighted by atomic mass is 10.3. The van der Waals surface area contributed by atoms with Crippen LogP contribution >= 0.6 is 0 Å². The topological polar surface area (TPSA) is 111 Å². The van der Waals surface area contributed by atoms with E-state index in [0.717, 1.165) is 9.87 Å². The van der Waals surface area contributed by atoms with E-state index in [4.69, 9.17) is 4.74 Å². The van der Waals surface area contributed by atoms with Gasteiger partial charge in [-0.15, -0.1) is 0 Å². The molecule has 0 saturated carbocycles. The van der Waals surface area contributed by atoms with Gasteiger partial charge in [0.1, 0.15) is 10.6 Å². The number of hydrogen-bond donors (Lipinski definition) is 1. The summed E-state index contributed by atoms with van der Waals surface area (Å²) in [5.74, 6) is -1.07. The predicted octanol–water partition coefficient (Wildman–Crippen LogP) is 0.534. The zero-order chi connectivity index (χ0) is 20.0. The van der Waals surface area contributed by atoms with Gasteiger partial charge in [0.05, 0.1) is 13.2 Å². The molecule has 0 atom stereocenters. The highest BCUT2D eigenvalue weighted by Gasteiger charge is 2.26. The number of esters is 1. The number of carbonyl (C=O) groups excluding carboxylic acids is 2. The van der Waals surface area contributed by atoms with Gasteiger partial charge in [0.2, 0.25) is 15.9 Å². The van der Waals surface area contributed by atoms with Crippen LogP contribution in [0.3, 0.4) is 0 Å². The molecule has 9 nitrogen and oxygen atoms in total. The monoisotopic (exact) mass is 394 g/mol. The smallest absolute Gasteiger partial charge is 0.354 e. The summed E-state index contributed by atoms with van der Waals surface area (Å²) in [5.41, 5.74) is 0.920. The number of amides is 1. The van der Waals surface area contributed by atoms with Gasteiger partial charge in [-0.25, -0.2) is 13.2 Å². The van der Waals surface area contributed by atoms with Gasteiger partial charge in [0, 0.05) is 39.2 Å². The van der Waals surface area contributed by atoms with Crippen molar-refractivity contribution in [3.8, 4) is 0 Å². The van der Waals surface area contributed by atoms with Crippen LogP contribution in [0.2, 0.25) is 0 Å². The molecule has 1 N–H and O–H groups in total. The Bertz CT molecular complexity index is 909. The van der Waals surface area contributed by atoms with Gasteiger partial charge in [-0.05, 0) is 24.6 Å². The van der Waals surface area contributed by atoms with Crippen molar-refractivity contribution >= 4 is 21.9 Å². The Morgan fingerprint density at radius 1 is 1.37 bits per heavy atom. The van der Waals surface area contributed by atoms with Crippen molar-refractivity contribution < 1.29 is 22.7 Å². The van der Waals surface area contributed by atoms with E-state index in [1.807, 2.05) is 0 Å². The molecule has 0 saturated heterocycles. The first-order chi connectivity index (χ1) is 12.8. The second-order valence-electron chi connectivity index (χ2n) is 5.79. The largest absolute Gasteiger partial charge is 0.461 e. The number of pyridine rings is 1. The van der Waals surface area contributed by atoms with E-state index in [2.05, 4.69) is 10.3 Å². The van der Waals surface area contributed by atoms with E-state index in [9.17, 15) is 18.0 Å². The molecule has 0 radical (unpaired) electrons. The number of carbonyl (C=O) groups is 2. The van der Waals surface area contributed by atoms with Crippen LogP contribution in [0.1, 0.15) is 23.0 Å². The molecule has 0 spiro atoms. The summed E-state index contributed by atoms with van der Waals surface area (Å²) >= 11 is 0. The van der Waals surface area contributed by atoms with Crippen molar-refractivity contribution in [1.29, 1.82) is 0 Å². The number of likely N-dealkylation sites (N-methyl/N-ethyl adjacent to an activating group) is 1. The Labute approximate surface area is 158 Å². The van der Waals surface area contributed by atoms with Gasteiger partial charge in [0.15, 0.2) is 0 Å². The third-order valence-corrected chi connectivity index (χ3v) is 5.52. The highest BCUT2D eigenvalue weighted by atomic mass is 32.2. The molecule has 0 aliphatic carbocycles. The Kier molecular flexibility index (Phi) is 6.70. The maximum atomic E-state index is 12.7. The molecule has 0 unspecified atom stereocenters. The molecule has 146 valence electrons. The van der Waals surface area contributed by atoms with Gasteiger partial charge in [-0.2, -0.15) is 4.31 Å². The molecular formula is C17H22N4O5S. The Morgan fingerprint density at radius 3 is 2.74 bits per heavy atom. The third kappa shape index (κ3) is 5.14. The van der Waals surface area contributed by atoms with E-state index in [1.165, 1.54) is 23.9 Å². The fraction of sp³-hybridized carbons (Fsp3) is 0.353. The van der Waals surface area contributed by atoms with E-state index in [0.29, 0.717) is 0 Å². The van der Waals surface area contributed by atoms with Crippen molar-refractivity contribution in [1.82, 2.24) is 19.2 Å². The van der Waals surface area contributed by atoms with Crippen LogP contribution in [0.15, 0.2) is 41.7 Å². The first-order valence-corrected chi connectivity index (χ1v) is 9.65. The van der Waals surface area contributed by atoms with Crippen molar-refractivity contribution in [2.24, 2.45) is 7.05 Å². The number of sulfonamides is 1. The van der Waals surface area contributed by atoms with Crippen molar-refractivity contribution in [2.75, 3.05) is 20.2 Å². The maximum Gasteiger partial charge on any atom is 0.354 e. The number of hydrogen-bond acceptors (Lipinski definition) is 6. The highest BCUT2D eigenvalue weighted by molar-refractivity contribution is 7.89. The molecule has 0 aromatic carbocycles. The molecule has 10 heteroatoms. The van der Waals surface area contributed by atoms with Crippen molar-refractivity contribution in [3.05, 3.63) is 48.0 Å². The average Bonchev–Trinajstić information content (AvgIpc) is 3.03. The summed E-state index contributed by atoms with van der Waals surface area (Å²) in [4.78, 5) is 27.8. The third-order valence-electron chi connectivity index (χ3n) is 3.75. The normalized spacial score (nSPS) is 11.4. The Hall–Kier alpha value is -2.72. The molecule has 2 aromatic heterocycles. The minimum atomic E-state index is -3.94. The molecule has 2 aromatic rings. The fourth-order valence-corrected chi connectivity index (χ4v) is 3.51. The summed E-state index contributed by atoms with van der Waals surface area (Å²) in [6.07, 6.45) is 4.54. The van der Waals surface area contributed by atoms with Gasteiger partial charge in [-0.3, -0.25) is 9.78 Å². The van der Waals surface area contributed by atoms with Gasteiger partial charge in [0.25, 0.3) is 0 Å². The summed E-state index contributed by atoms with van der Waals surface area (Å²) in [6, 6.07) is 4.78. The standard InChI is InChI=1S/C17H22N4O5S/c1-4-26-17(23)15-8-14(11-20(15)2)27(24,25)21(3)12-16(22)19-10-13-6-5-7-18-9-13/h5-9,11H,4,10,12H2,1-3H3,(H,19,22). The quantitative estimate of drug-likeness (QED) is 0.654. The Balaban J connectivity index is 2.04. The van der Waals surface area contributed by atoms with E-state index < -0.39 is 21.9 Å². The zero-order valence-electron chi connectivity index (χ0n) is 15.4. The van der Waals surface area contributed by atoms with Crippen molar-refractivity contribution in [2.45, 2.75) is 18.4 Å². The van der Waals surface area contributed by atoms with E-state index in [1.54, 1.807) is 38.5 Å². The van der Waals surface area contributed by atoms with Crippen LogP contribution in [0.5, 0.6) is 0 Å². The molecule has 2 heterocycles. The summed E-state index contributed by atoms with van der Waals surface area (Å²) < 4.78 is 32.5. The lowest BCUT2D eigenvalue weighted by Crippen LogP contribution is -2.38. The average molecular weight is 394 g/mol. The van der Waals surface area contributed by atoms with Crippen LogP contribution in [0.25, 0.3) is 0 Å². The number of aryl methyl sites for hydroxylation is 1. The van der Waals surface area contributed by atoms with Crippen LogP contribution in [-0.4, -0.2) is 54.3 Å². The molecule has 2 rings (SSSR count). The van der Waals surface area contributed by atoms with Gasteiger partial charge in [-0.1, -0.05) is 6.07 Å². The molecule has 0 bridgehead atoms. The molecule has 1 amide bonds. The number of nitrogens with one attached hydrogen (secondary N) is 1. The zero-order valence-corrected chi connectivity index (χ0v) is 16.2. The highest BCUT2D eigenvalue weighted by Crippen LogP contribution is 2.18. The number of ether oxygens (including phenoxy) is 1. The fourth-order valence-electron chi connectivity index (χ4n) is 2.31. The van der Waals surface area contributed by atoms with E-state index >= 15 is 0 Å². The first-order valence-electron chi connectivity index (χ1n) is 8.21. The summed E-state index contributed by atoms with van der Waals surface area (Å²) in [6.45, 7) is 1.74. The van der Waals surface area contributed by atoms with Crippen LogP contribution in [0.4, 0.5) is 0 Å². The van der Waals surface area contributed by atoms with Crippen molar-refractivity contribution in [3.63, 3.8) is 0 Å². The molecule has 0 aliphatic heterocycles. The minimum absolute atomic E-state index is 0.0874. The number of nitrogens with zero attached hydrogens (tertiary/aromatic N) is 3. The second kappa shape index (κ2) is 8.78. The lowest BCUT2D eigenvalue weighted by Gasteiger charge is -2.16. The molecule has 0 fully saturated rings. The van der Waals surface area contributed by atoms with Gasteiger partial charge >= 0.3 is 5.97 Å². The number of aromatic nitrogens is 2. The SMILES string of the molecule is CCOC(=O)c1cc(S(=O)(=O)N(C)CC(=O)NCc2cccnc2)cn1C. The maximum absolute atomic E-state index is 12.7. The number of rotatable bonds is 8. The first kappa shape index (κ1) is 20.6. The van der Waals surface area contributed by atoms with Crippen LogP contribution in [0, 0.1) is 0 Å². The van der Waals surface area contributed by atoms with Gasteiger partial charge < -0.3 is 14.6 Å². The summed E-state index contributed by atoms with van der Waals surface area (Å²) in [5, 5.41) is 2.64. The van der Waals surface area contributed by atoms with Crippen LogP contribution < -0.4 is 5.32 Å².